The van der Waals surface area contributed by atoms with Crippen LogP contribution in [-0.4, -0.2) is 13.2 Å². The molecule has 1 heterocycles. The first-order chi connectivity index (χ1) is 14.4. The highest BCUT2D eigenvalue weighted by atomic mass is 16.5. The van der Waals surface area contributed by atoms with Crippen LogP contribution >= 0.6 is 0 Å². The van der Waals surface area contributed by atoms with Crippen LogP contribution in [0.1, 0.15) is 36.0 Å². The van der Waals surface area contributed by atoms with Gasteiger partial charge in [-0.1, -0.05) is 110 Å². The Bertz CT molecular complexity index is 955. The van der Waals surface area contributed by atoms with E-state index in [9.17, 15) is 0 Å². The molecule has 3 aromatic carbocycles. The van der Waals surface area contributed by atoms with Crippen molar-refractivity contribution in [1.82, 2.24) is 0 Å². The SMILES string of the molecule is CC/C(=C1/COCC1C(/C=C/c1ccccc1)c1ccccc1)c1ccccc1. The minimum atomic E-state index is 0.291. The molecule has 0 aromatic heterocycles. The number of hydrogen-bond acceptors (Lipinski definition) is 1. The van der Waals surface area contributed by atoms with E-state index < -0.39 is 0 Å². The Kier molecular flexibility index (Phi) is 6.38. The largest absolute Gasteiger partial charge is 0.376 e. The van der Waals surface area contributed by atoms with E-state index in [4.69, 9.17) is 4.74 Å². The standard InChI is InChI=1S/C28H28O/c1-2-25(23-14-8-4-9-15-23)27-20-29-21-28(27)26(24-16-10-5-11-17-24)19-18-22-12-6-3-7-13-22/h3-19,26,28H,2,20-21H2,1H3/b19-18+,27-25+. The smallest absolute Gasteiger partial charge is 0.0686 e. The minimum absolute atomic E-state index is 0.291. The molecule has 2 atom stereocenters. The molecule has 0 aliphatic carbocycles. The van der Waals surface area contributed by atoms with E-state index >= 15 is 0 Å². The lowest BCUT2D eigenvalue weighted by Crippen LogP contribution is -2.14. The van der Waals surface area contributed by atoms with Gasteiger partial charge in [-0.3, -0.25) is 0 Å². The van der Waals surface area contributed by atoms with Crippen LogP contribution in [0.3, 0.4) is 0 Å². The Hall–Kier alpha value is -2.90. The lowest BCUT2D eigenvalue weighted by Gasteiger charge is -2.24. The summed E-state index contributed by atoms with van der Waals surface area (Å²) in [6.07, 6.45) is 5.63. The van der Waals surface area contributed by atoms with E-state index in [1.54, 1.807) is 0 Å². The van der Waals surface area contributed by atoms with Crippen LogP contribution in [0.5, 0.6) is 0 Å². The van der Waals surface area contributed by atoms with Crippen LogP contribution in [-0.2, 0) is 4.74 Å². The van der Waals surface area contributed by atoms with Gasteiger partial charge in [0, 0.05) is 11.8 Å². The summed E-state index contributed by atoms with van der Waals surface area (Å²) in [5.74, 6) is 0.645. The molecule has 0 radical (unpaired) electrons. The Morgan fingerprint density at radius 2 is 1.52 bits per heavy atom. The van der Waals surface area contributed by atoms with Gasteiger partial charge in [-0.2, -0.15) is 0 Å². The molecular formula is C28H28O. The third-order valence-electron chi connectivity index (χ3n) is 5.78. The molecular weight excluding hydrogens is 352 g/mol. The topological polar surface area (TPSA) is 9.23 Å². The van der Waals surface area contributed by atoms with E-state index in [0.717, 1.165) is 19.6 Å². The zero-order chi connectivity index (χ0) is 19.9. The summed E-state index contributed by atoms with van der Waals surface area (Å²) in [5.41, 5.74) is 6.78. The van der Waals surface area contributed by atoms with Gasteiger partial charge < -0.3 is 4.74 Å². The highest BCUT2D eigenvalue weighted by Gasteiger charge is 2.31. The van der Waals surface area contributed by atoms with Crippen molar-refractivity contribution < 1.29 is 4.74 Å². The van der Waals surface area contributed by atoms with E-state index in [1.165, 1.54) is 27.8 Å². The van der Waals surface area contributed by atoms with Crippen molar-refractivity contribution in [2.75, 3.05) is 13.2 Å². The fraction of sp³-hybridized carbons (Fsp3) is 0.214. The van der Waals surface area contributed by atoms with Crippen LogP contribution < -0.4 is 0 Å². The van der Waals surface area contributed by atoms with Crippen LogP contribution in [0.15, 0.2) is 103 Å². The molecule has 146 valence electrons. The first kappa shape index (κ1) is 19.4. The summed E-state index contributed by atoms with van der Waals surface area (Å²) >= 11 is 0. The lowest BCUT2D eigenvalue weighted by molar-refractivity contribution is 0.185. The minimum Gasteiger partial charge on any atom is -0.376 e. The molecule has 0 saturated carbocycles. The van der Waals surface area contributed by atoms with Crippen LogP contribution in [0.2, 0.25) is 0 Å². The Labute approximate surface area is 174 Å². The maximum absolute atomic E-state index is 6.04. The second-order valence-electron chi connectivity index (χ2n) is 7.55. The number of hydrogen-bond donors (Lipinski definition) is 0. The second kappa shape index (κ2) is 9.54. The number of ether oxygens (including phenoxy) is 1. The molecule has 1 saturated heterocycles. The molecule has 1 nitrogen and oxygen atoms in total. The molecule has 1 fully saturated rings. The van der Waals surface area contributed by atoms with Gasteiger partial charge >= 0.3 is 0 Å². The van der Waals surface area contributed by atoms with Gasteiger partial charge in [0.1, 0.15) is 0 Å². The maximum Gasteiger partial charge on any atom is 0.0686 e. The second-order valence-corrected chi connectivity index (χ2v) is 7.55. The van der Waals surface area contributed by atoms with Gasteiger partial charge in [0.2, 0.25) is 0 Å². The molecule has 1 heteroatoms. The molecule has 29 heavy (non-hydrogen) atoms. The quantitative estimate of drug-likeness (QED) is 0.447. The highest BCUT2D eigenvalue weighted by Crippen LogP contribution is 2.40. The Morgan fingerprint density at radius 3 is 2.17 bits per heavy atom. The molecule has 1 aliphatic rings. The van der Waals surface area contributed by atoms with Crippen molar-refractivity contribution in [2.24, 2.45) is 5.92 Å². The van der Waals surface area contributed by atoms with Crippen molar-refractivity contribution >= 4 is 11.6 Å². The number of allylic oxidation sites excluding steroid dienone is 2. The predicted octanol–water partition coefficient (Wildman–Crippen LogP) is 6.99. The Morgan fingerprint density at radius 1 is 0.897 bits per heavy atom. The van der Waals surface area contributed by atoms with Crippen molar-refractivity contribution in [3.63, 3.8) is 0 Å². The van der Waals surface area contributed by atoms with Gasteiger partial charge in [-0.05, 0) is 34.3 Å². The van der Waals surface area contributed by atoms with Crippen molar-refractivity contribution in [3.05, 3.63) is 119 Å². The first-order valence-corrected chi connectivity index (χ1v) is 10.5. The first-order valence-electron chi connectivity index (χ1n) is 10.5. The monoisotopic (exact) mass is 380 g/mol. The van der Waals surface area contributed by atoms with Crippen LogP contribution in [0.25, 0.3) is 11.6 Å². The molecule has 0 bridgehead atoms. The molecule has 0 amide bonds. The molecule has 0 N–H and O–H groups in total. The number of rotatable bonds is 6. The molecule has 2 unspecified atom stereocenters. The third-order valence-corrected chi connectivity index (χ3v) is 5.78. The molecule has 0 spiro atoms. The summed E-state index contributed by atoms with van der Waals surface area (Å²) in [6.45, 7) is 3.75. The maximum atomic E-state index is 6.04. The van der Waals surface area contributed by atoms with Gasteiger partial charge in [0.15, 0.2) is 0 Å². The van der Waals surface area contributed by atoms with Gasteiger partial charge in [0.05, 0.1) is 13.2 Å². The zero-order valence-corrected chi connectivity index (χ0v) is 17.0. The highest BCUT2D eigenvalue weighted by molar-refractivity contribution is 5.70. The van der Waals surface area contributed by atoms with Crippen molar-refractivity contribution in [2.45, 2.75) is 19.3 Å². The van der Waals surface area contributed by atoms with E-state index in [-0.39, 0.29) is 0 Å². The van der Waals surface area contributed by atoms with Crippen molar-refractivity contribution in [1.29, 1.82) is 0 Å². The average Bonchev–Trinajstić information content (AvgIpc) is 3.26. The Balaban J connectivity index is 1.75. The predicted molar refractivity (Wildman–Crippen MR) is 123 cm³/mol. The molecule has 3 aromatic rings. The summed E-state index contributed by atoms with van der Waals surface area (Å²) in [6, 6.07) is 32.2. The van der Waals surface area contributed by atoms with E-state index in [1.807, 2.05) is 0 Å². The van der Waals surface area contributed by atoms with Gasteiger partial charge in [-0.15, -0.1) is 0 Å². The van der Waals surface area contributed by atoms with Crippen LogP contribution in [0.4, 0.5) is 0 Å². The summed E-state index contributed by atoms with van der Waals surface area (Å²) < 4.78 is 6.04. The lowest BCUT2D eigenvalue weighted by atomic mass is 9.79. The van der Waals surface area contributed by atoms with Gasteiger partial charge in [0.25, 0.3) is 0 Å². The average molecular weight is 381 g/mol. The zero-order valence-electron chi connectivity index (χ0n) is 17.0. The van der Waals surface area contributed by atoms with Gasteiger partial charge in [-0.25, -0.2) is 0 Å². The van der Waals surface area contributed by atoms with Crippen molar-refractivity contribution in [3.8, 4) is 0 Å². The number of benzene rings is 3. The van der Waals surface area contributed by atoms with E-state index in [2.05, 4.69) is 110 Å². The third kappa shape index (κ3) is 4.58. The normalized spacial score (nSPS) is 19.4. The molecule has 4 rings (SSSR count). The van der Waals surface area contributed by atoms with E-state index in [0.29, 0.717) is 11.8 Å². The summed E-state index contributed by atoms with van der Waals surface area (Å²) in [7, 11) is 0. The summed E-state index contributed by atoms with van der Waals surface area (Å²) in [5, 5.41) is 0. The fourth-order valence-corrected chi connectivity index (χ4v) is 4.32. The van der Waals surface area contributed by atoms with Crippen LogP contribution in [0, 0.1) is 5.92 Å². The summed E-state index contributed by atoms with van der Waals surface area (Å²) in [4.78, 5) is 0. The molecule has 1 aliphatic heterocycles. The fourth-order valence-electron chi connectivity index (χ4n) is 4.32.